The van der Waals surface area contributed by atoms with Gasteiger partial charge in [0.2, 0.25) is 0 Å². The van der Waals surface area contributed by atoms with Crippen LogP contribution in [0.1, 0.15) is 5.56 Å². The van der Waals surface area contributed by atoms with E-state index in [1.165, 1.54) is 18.9 Å². The molecule has 31 heavy (non-hydrogen) atoms. The summed E-state index contributed by atoms with van der Waals surface area (Å²) in [4.78, 5) is 29.1. The average Bonchev–Trinajstić information content (AvgIpc) is 3.00. The highest BCUT2D eigenvalue weighted by Crippen LogP contribution is 2.41. The van der Waals surface area contributed by atoms with E-state index < -0.39 is 11.8 Å². The Morgan fingerprint density at radius 1 is 0.935 bits per heavy atom. The topological polar surface area (TPSA) is 58.6 Å². The van der Waals surface area contributed by atoms with Gasteiger partial charge < -0.3 is 10.1 Å². The Kier molecular flexibility index (Phi) is 6.02. The molecular formula is C24H19ClN2O3S. The summed E-state index contributed by atoms with van der Waals surface area (Å²) in [6.45, 7) is 1.98. The number of hydrogen-bond donors (Lipinski definition) is 1. The van der Waals surface area contributed by atoms with Gasteiger partial charge in [0.25, 0.3) is 11.8 Å². The summed E-state index contributed by atoms with van der Waals surface area (Å²) in [5.74, 6) is -0.523. The van der Waals surface area contributed by atoms with E-state index in [9.17, 15) is 9.59 Å². The van der Waals surface area contributed by atoms with Crippen molar-refractivity contribution in [2.45, 2.75) is 11.8 Å². The van der Waals surface area contributed by atoms with Crippen molar-refractivity contribution in [3.05, 3.63) is 94.0 Å². The third-order valence-electron chi connectivity index (χ3n) is 4.71. The monoisotopic (exact) mass is 450 g/mol. The summed E-state index contributed by atoms with van der Waals surface area (Å²) in [5.41, 5.74) is 2.33. The third kappa shape index (κ3) is 4.31. The molecule has 0 saturated heterocycles. The molecule has 0 aromatic heterocycles. The number of carbonyl (C=O) groups excluding carboxylic acids is 2. The van der Waals surface area contributed by atoms with Gasteiger partial charge in [0, 0.05) is 15.6 Å². The largest absolute Gasteiger partial charge is 0.495 e. The van der Waals surface area contributed by atoms with Gasteiger partial charge in [-0.15, -0.1) is 0 Å². The number of benzene rings is 3. The van der Waals surface area contributed by atoms with Crippen molar-refractivity contribution in [3.63, 3.8) is 0 Å². The fourth-order valence-corrected chi connectivity index (χ4v) is 4.27. The van der Waals surface area contributed by atoms with Crippen LogP contribution in [0.5, 0.6) is 5.75 Å². The summed E-state index contributed by atoms with van der Waals surface area (Å²) >= 11 is 7.40. The lowest BCUT2D eigenvalue weighted by Crippen LogP contribution is -2.32. The number of thioether (sulfide) groups is 1. The molecular weight excluding hydrogens is 432 g/mol. The Morgan fingerprint density at radius 3 is 2.32 bits per heavy atom. The summed E-state index contributed by atoms with van der Waals surface area (Å²) in [6, 6.07) is 21.9. The highest BCUT2D eigenvalue weighted by Gasteiger charge is 2.41. The number of hydrogen-bond acceptors (Lipinski definition) is 5. The third-order valence-corrected chi connectivity index (χ3v) is 6.03. The second-order valence-corrected chi connectivity index (χ2v) is 8.39. The van der Waals surface area contributed by atoms with Gasteiger partial charge in [-0.2, -0.15) is 0 Å². The molecule has 7 heteroatoms. The first-order valence-electron chi connectivity index (χ1n) is 9.51. The van der Waals surface area contributed by atoms with E-state index in [0.717, 1.165) is 15.4 Å². The van der Waals surface area contributed by atoms with E-state index in [1.54, 1.807) is 18.2 Å². The highest BCUT2D eigenvalue weighted by molar-refractivity contribution is 8.04. The maximum atomic E-state index is 13.4. The van der Waals surface area contributed by atoms with Crippen LogP contribution in [0.3, 0.4) is 0 Å². The molecule has 0 spiro atoms. The molecule has 4 rings (SSSR count). The minimum atomic E-state index is -0.468. The number of halogens is 1. The number of aryl methyl sites for hydroxylation is 1. The SMILES string of the molecule is COc1ccc(Cl)cc1N1C(=O)C(Nc2ccc(C)cc2)=C(Sc2ccccc2)C1=O. The van der Waals surface area contributed by atoms with E-state index >= 15 is 0 Å². The Hall–Kier alpha value is -3.22. The molecule has 0 fully saturated rings. The van der Waals surface area contributed by atoms with Crippen LogP contribution in [0.4, 0.5) is 11.4 Å². The number of imide groups is 1. The first-order valence-corrected chi connectivity index (χ1v) is 10.7. The fraction of sp³-hybridized carbons (Fsp3) is 0.0833. The van der Waals surface area contributed by atoms with Gasteiger partial charge in [-0.25, -0.2) is 4.90 Å². The number of amides is 2. The molecule has 0 aliphatic carbocycles. The standard InChI is InChI=1S/C24H19ClN2O3S/c1-15-8-11-17(12-9-15)26-21-22(31-18-6-4-3-5-7-18)24(29)27(23(21)28)19-14-16(25)10-13-20(19)30-2/h3-14,26H,1-2H3. The number of methoxy groups -OCH3 is 1. The number of nitrogens with zero attached hydrogens (tertiary/aromatic N) is 1. The lowest BCUT2D eigenvalue weighted by atomic mass is 10.2. The lowest BCUT2D eigenvalue weighted by molar-refractivity contribution is -0.120. The van der Waals surface area contributed by atoms with Crippen molar-refractivity contribution in [2.24, 2.45) is 0 Å². The van der Waals surface area contributed by atoms with Crippen LogP contribution in [0.25, 0.3) is 0 Å². The number of carbonyl (C=O) groups is 2. The van der Waals surface area contributed by atoms with E-state index in [1.807, 2.05) is 61.5 Å². The maximum absolute atomic E-state index is 13.4. The molecule has 2 amide bonds. The highest BCUT2D eigenvalue weighted by atomic mass is 35.5. The van der Waals surface area contributed by atoms with Crippen molar-refractivity contribution < 1.29 is 14.3 Å². The lowest BCUT2D eigenvalue weighted by Gasteiger charge is -2.18. The zero-order valence-electron chi connectivity index (χ0n) is 16.9. The summed E-state index contributed by atoms with van der Waals surface area (Å²) in [7, 11) is 1.48. The van der Waals surface area contributed by atoms with E-state index in [-0.39, 0.29) is 5.70 Å². The molecule has 0 bridgehead atoms. The zero-order chi connectivity index (χ0) is 22.0. The molecule has 1 aliphatic rings. The smallest absolute Gasteiger partial charge is 0.283 e. The molecule has 1 heterocycles. The van der Waals surface area contributed by atoms with Crippen molar-refractivity contribution in [1.82, 2.24) is 0 Å². The number of ether oxygens (including phenoxy) is 1. The molecule has 1 aliphatic heterocycles. The van der Waals surface area contributed by atoms with Gasteiger partial charge in [-0.1, -0.05) is 59.3 Å². The van der Waals surface area contributed by atoms with Crippen LogP contribution in [0.15, 0.2) is 88.3 Å². The molecule has 1 N–H and O–H groups in total. The van der Waals surface area contributed by atoms with Crippen LogP contribution in [0.2, 0.25) is 5.02 Å². The van der Waals surface area contributed by atoms with Crippen LogP contribution < -0.4 is 15.0 Å². The van der Waals surface area contributed by atoms with Gasteiger partial charge in [0.05, 0.1) is 12.8 Å². The van der Waals surface area contributed by atoms with Crippen LogP contribution in [-0.4, -0.2) is 18.9 Å². The molecule has 0 atom stereocenters. The van der Waals surface area contributed by atoms with E-state index in [0.29, 0.717) is 27.1 Å². The van der Waals surface area contributed by atoms with Gasteiger partial charge in [0.15, 0.2) is 0 Å². The van der Waals surface area contributed by atoms with Gasteiger partial charge >= 0.3 is 0 Å². The molecule has 0 saturated carbocycles. The van der Waals surface area contributed by atoms with Gasteiger partial charge in [-0.05, 0) is 49.4 Å². The molecule has 156 valence electrons. The average molecular weight is 451 g/mol. The molecule has 0 unspecified atom stereocenters. The predicted octanol–water partition coefficient (Wildman–Crippen LogP) is 5.65. The van der Waals surface area contributed by atoms with Crippen LogP contribution in [0, 0.1) is 6.92 Å². The maximum Gasteiger partial charge on any atom is 0.283 e. The minimum Gasteiger partial charge on any atom is -0.495 e. The minimum absolute atomic E-state index is 0.213. The van der Waals surface area contributed by atoms with Crippen LogP contribution >= 0.6 is 23.4 Å². The fourth-order valence-electron chi connectivity index (χ4n) is 3.16. The number of nitrogens with one attached hydrogen (secondary N) is 1. The van der Waals surface area contributed by atoms with Crippen molar-refractivity contribution in [3.8, 4) is 5.75 Å². The Balaban J connectivity index is 1.78. The summed E-state index contributed by atoms with van der Waals surface area (Å²) in [6.07, 6.45) is 0. The number of anilines is 2. The van der Waals surface area contributed by atoms with Crippen molar-refractivity contribution >= 4 is 46.6 Å². The molecule has 3 aromatic carbocycles. The van der Waals surface area contributed by atoms with Crippen LogP contribution in [-0.2, 0) is 9.59 Å². The quantitative estimate of drug-likeness (QED) is 0.492. The first-order chi connectivity index (χ1) is 15.0. The zero-order valence-corrected chi connectivity index (χ0v) is 18.5. The predicted molar refractivity (Wildman–Crippen MR) is 125 cm³/mol. The van der Waals surface area contributed by atoms with E-state index in [4.69, 9.17) is 16.3 Å². The number of rotatable bonds is 6. The molecule has 0 radical (unpaired) electrons. The molecule has 3 aromatic rings. The van der Waals surface area contributed by atoms with Gasteiger partial charge in [-0.3, -0.25) is 9.59 Å². The first kappa shape index (κ1) is 21.0. The normalized spacial score (nSPS) is 13.7. The summed E-state index contributed by atoms with van der Waals surface area (Å²) in [5, 5.41) is 3.54. The van der Waals surface area contributed by atoms with Crippen molar-refractivity contribution in [2.75, 3.05) is 17.3 Å². The van der Waals surface area contributed by atoms with Gasteiger partial charge in [0.1, 0.15) is 16.4 Å². The Labute approximate surface area is 189 Å². The molecule has 5 nitrogen and oxygen atoms in total. The second-order valence-electron chi connectivity index (χ2n) is 6.87. The second kappa shape index (κ2) is 8.88. The van der Waals surface area contributed by atoms with Crippen molar-refractivity contribution in [1.29, 1.82) is 0 Å². The summed E-state index contributed by atoms with van der Waals surface area (Å²) < 4.78 is 5.38. The Morgan fingerprint density at radius 2 is 1.65 bits per heavy atom. The Bertz CT molecular complexity index is 1180. The van der Waals surface area contributed by atoms with E-state index in [2.05, 4.69) is 5.32 Å².